The molecule has 3 amide bonds. The molecular weight excluding hydrogens is 348 g/mol. The van der Waals surface area contributed by atoms with Crippen LogP contribution in [0.25, 0.3) is 11.0 Å². The zero-order valence-electron chi connectivity index (χ0n) is 14.9. The first kappa shape index (κ1) is 18.1. The SMILES string of the molecule is CCOC(=O)c1n(NC(=O)NC(=O)c2ccccc2)c2ccccc2[n+]1C. The fourth-order valence-electron chi connectivity index (χ4n) is 2.75. The number of hydrogen-bond acceptors (Lipinski definition) is 4. The van der Waals surface area contributed by atoms with Crippen LogP contribution >= 0.6 is 0 Å². The van der Waals surface area contributed by atoms with Crippen molar-refractivity contribution < 1.29 is 23.7 Å². The summed E-state index contributed by atoms with van der Waals surface area (Å²) in [5, 5.41) is 2.25. The minimum atomic E-state index is -0.768. The topological polar surface area (TPSA) is 93.3 Å². The van der Waals surface area contributed by atoms with Gasteiger partial charge in [-0.25, -0.2) is 14.2 Å². The van der Waals surface area contributed by atoms with Gasteiger partial charge in [-0.1, -0.05) is 30.3 Å². The second kappa shape index (κ2) is 7.69. The number of ether oxygens (including phenoxy) is 1. The van der Waals surface area contributed by atoms with Gasteiger partial charge in [0, 0.05) is 5.56 Å². The number of para-hydroxylation sites is 2. The molecule has 0 aliphatic heterocycles. The van der Waals surface area contributed by atoms with E-state index >= 15 is 0 Å². The zero-order valence-corrected chi connectivity index (χ0v) is 14.9. The number of fused-ring (bicyclic) bond motifs is 1. The Labute approximate surface area is 155 Å². The summed E-state index contributed by atoms with van der Waals surface area (Å²) in [7, 11) is 1.69. The molecule has 1 heterocycles. The normalized spacial score (nSPS) is 10.4. The molecule has 27 heavy (non-hydrogen) atoms. The molecule has 3 aromatic rings. The van der Waals surface area contributed by atoms with Gasteiger partial charge in [0.25, 0.3) is 5.91 Å². The van der Waals surface area contributed by atoms with E-state index < -0.39 is 17.9 Å². The standard InChI is InChI=1S/C19H18N4O4/c1-3-27-18(25)17-22(2)14-11-7-8-12-15(14)23(17)21-19(26)20-16(24)13-9-5-4-6-10-13/h4-12H,3H2,1-2H3,(H-,20,21,24,25,26)/p+1. The number of imidazole rings is 1. The second-order valence-electron chi connectivity index (χ2n) is 5.69. The number of aryl methyl sites for hydroxylation is 1. The molecule has 0 saturated carbocycles. The predicted molar refractivity (Wildman–Crippen MR) is 97.7 cm³/mol. The van der Waals surface area contributed by atoms with Crippen LogP contribution < -0.4 is 15.3 Å². The van der Waals surface area contributed by atoms with Crippen LogP contribution in [0.2, 0.25) is 0 Å². The molecule has 3 rings (SSSR count). The lowest BCUT2D eigenvalue weighted by atomic mass is 10.2. The molecule has 1 aromatic heterocycles. The third kappa shape index (κ3) is 3.64. The second-order valence-corrected chi connectivity index (χ2v) is 5.69. The van der Waals surface area contributed by atoms with Gasteiger partial charge in [-0.3, -0.25) is 10.1 Å². The highest BCUT2D eigenvalue weighted by Crippen LogP contribution is 2.13. The predicted octanol–water partition coefficient (Wildman–Crippen LogP) is 1.74. The number of esters is 1. The molecule has 0 atom stereocenters. The fourth-order valence-corrected chi connectivity index (χ4v) is 2.75. The molecule has 0 unspecified atom stereocenters. The first-order chi connectivity index (χ1) is 13.0. The largest absolute Gasteiger partial charge is 0.457 e. The molecule has 0 radical (unpaired) electrons. The summed E-state index contributed by atoms with van der Waals surface area (Å²) in [6, 6.07) is 14.7. The van der Waals surface area contributed by atoms with Crippen LogP contribution in [0.4, 0.5) is 4.79 Å². The van der Waals surface area contributed by atoms with Gasteiger partial charge >= 0.3 is 17.8 Å². The number of nitrogens with zero attached hydrogens (tertiary/aromatic N) is 2. The highest BCUT2D eigenvalue weighted by Gasteiger charge is 2.32. The van der Waals surface area contributed by atoms with Crippen LogP contribution in [0.15, 0.2) is 54.6 Å². The Morgan fingerprint density at radius 2 is 1.70 bits per heavy atom. The number of nitrogens with one attached hydrogen (secondary N) is 2. The van der Waals surface area contributed by atoms with Gasteiger partial charge in [0.05, 0.1) is 13.7 Å². The van der Waals surface area contributed by atoms with Crippen molar-refractivity contribution in [1.82, 2.24) is 9.99 Å². The molecule has 0 aliphatic rings. The molecule has 0 spiro atoms. The summed E-state index contributed by atoms with van der Waals surface area (Å²) in [4.78, 5) is 36.9. The lowest BCUT2D eigenvalue weighted by molar-refractivity contribution is -0.648. The van der Waals surface area contributed by atoms with Crippen LogP contribution in [-0.2, 0) is 11.8 Å². The van der Waals surface area contributed by atoms with E-state index in [4.69, 9.17) is 4.74 Å². The Morgan fingerprint density at radius 1 is 1.04 bits per heavy atom. The van der Waals surface area contributed by atoms with Gasteiger partial charge in [-0.05, 0) is 31.2 Å². The minimum absolute atomic E-state index is 0.125. The van der Waals surface area contributed by atoms with E-state index in [-0.39, 0.29) is 12.4 Å². The molecule has 138 valence electrons. The molecule has 0 saturated heterocycles. The van der Waals surface area contributed by atoms with Crippen LogP contribution in [-0.4, -0.2) is 29.2 Å². The lowest BCUT2D eigenvalue weighted by Gasteiger charge is -2.06. The maximum Gasteiger partial charge on any atom is 0.424 e. The number of amides is 3. The van der Waals surface area contributed by atoms with Gasteiger partial charge in [-0.2, -0.15) is 5.43 Å². The Kier molecular flexibility index (Phi) is 5.16. The summed E-state index contributed by atoms with van der Waals surface area (Å²) >= 11 is 0. The van der Waals surface area contributed by atoms with E-state index in [0.29, 0.717) is 11.1 Å². The summed E-state index contributed by atoms with van der Waals surface area (Å²) in [6.07, 6.45) is 0. The van der Waals surface area contributed by atoms with Gasteiger partial charge in [0.2, 0.25) is 5.52 Å². The van der Waals surface area contributed by atoms with Crippen molar-refractivity contribution in [2.45, 2.75) is 6.92 Å². The van der Waals surface area contributed by atoms with Crippen LogP contribution in [0, 0.1) is 0 Å². The fraction of sp³-hybridized carbons (Fsp3) is 0.158. The number of urea groups is 1. The number of carbonyl (C=O) groups is 3. The smallest absolute Gasteiger partial charge is 0.424 e. The molecule has 2 N–H and O–H groups in total. The molecule has 8 nitrogen and oxygen atoms in total. The Morgan fingerprint density at radius 3 is 2.41 bits per heavy atom. The maximum atomic E-state index is 12.4. The molecule has 2 aromatic carbocycles. The average molecular weight is 367 g/mol. The van der Waals surface area contributed by atoms with Gasteiger partial charge < -0.3 is 4.74 Å². The third-order valence-corrected chi connectivity index (χ3v) is 3.95. The zero-order chi connectivity index (χ0) is 19.4. The molecule has 0 fully saturated rings. The molecular formula is C19H19N4O4+. The van der Waals surface area contributed by atoms with Crippen molar-refractivity contribution in [3.63, 3.8) is 0 Å². The summed E-state index contributed by atoms with van der Waals surface area (Å²) < 4.78 is 8.02. The van der Waals surface area contributed by atoms with E-state index in [1.165, 1.54) is 4.68 Å². The summed E-state index contributed by atoms with van der Waals surface area (Å²) in [5.41, 5.74) is 4.19. The highest BCUT2D eigenvalue weighted by molar-refractivity contribution is 6.06. The number of benzene rings is 2. The highest BCUT2D eigenvalue weighted by atomic mass is 16.5. The van der Waals surface area contributed by atoms with Crippen molar-refractivity contribution in [1.29, 1.82) is 0 Å². The first-order valence-electron chi connectivity index (χ1n) is 8.37. The van der Waals surface area contributed by atoms with E-state index in [1.807, 2.05) is 12.1 Å². The van der Waals surface area contributed by atoms with Crippen molar-refractivity contribution in [2.24, 2.45) is 7.05 Å². The minimum Gasteiger partial charge on any atom is -0.457 e. The molecule has 0 bridgehead atoms. The summed E-state index contributed by atoms with van der Waals surface area (Å²) in [6.45, 7) is 1.89. The quantitative estimate of drug-likeness (QED) is 0.543. The Hall–Kier alpha value is -3.68. The van der Waals surface area contributed by atoms with Gasteiger partial charge in [0.15, 0.2) is 5.52 Å². The monoisotopic (exact) mass is 367 g/mol. The average Bonchev–Trinajstić information content (AvgIpc) is 2.95. The molecule has 8 heteroatoms. The van der Waals surface area contributed by atoms with Crippen molar-refractivity contribution in [2.75, 3.05) is 12.0 Å². The van der Waals surface area contributed by atoms with Crippen molar-refractivity contribution in [3.8, 4) is 0 Å². The van der Waals surface area contributed by atoms with E-state index in [2.05, 4.69) is 10.7 Å². The van der Waals surface area contributed by atoms with E-state index in [9.17, 15) is 14.4 Å². The Balaban J connectivity index is 1.91. The maximum absolute atomic E-state index is 12.4. The number of hydrogen-bond donors (Lipinski definition) is 2. The lowest BCUT2D eigenvalue weighted by Crippen LogP contribution is -2.43. The van der Waals surface area contributed by atoms with Crippen molar-refractivity contribution in [3.05, 3.63) is 66.0 Å². The van der Waals surface area contributed by atoms with Crippen LogP contribution in [0.3, 0.4) is 0 Å². The third-order valence-electron chi connectivity index (χ3n) is 3.95. The van der Waals surface area contributed by atoms with E-state index in [1.54, 1.807) is 61.0 Å². The van der Waals surface area contributed by atoms with Crippen LogP contribution in [0.1, 0.15) is 27.9 Å². The van der Waals surface area contributed by atoms with Gasteiger partial charge in [0.1, 0.15) is 0 Å². The van der Waals surface area contributed by atoms with Gasteiger partial charge in [-0.15, -0.1) is 4.68 Å². The van der Waals surface area contributed by atoms with Crippen LogP contribution in [0.5, 0.6) is 0 Å². The van der Waals surface area contributed by atoms with E-state index in [0.717, 1.165) is 5.52 Å². The number of rotatable bonds is 4. The summed E-state index contributed by atoms with van der Waals surface area (Å²) in [5.74, 6) is -1.02. The molecule has 0 aliphatic carbocycles. The Bertz CT molecular complexity index is 1010. The first-order valence-corrected chi connectivity index (χ1v) is 8.37. The number of aromatic nitrogens is 2. The number of carbonyl (C=O) groups excluding carboxylic acids is 3. The number of imide groups is 1. The van der Waals surface area contributed by atoms with Crippen molar-refractivity contribution >= 4 is 28.9 Å².